The van der Waals surface area contributed by atoms with Gasteiger partial charge in [0.05, 0.1) is 16.6 Å². The summed E-state index contributed by atoms with van der Waals surface area (Å²) in [6.45, 7) is 5.11. The molecule has 1 aliphatic rings. The normalized spacial score (nSPS) is 14.5. The van der Waals surface area contributed by atoms with Crippen LogP contribution in [-0.4, -0.2) is 53.3 Å². The maximum atomic E-state index is 14.9. The monoisotopic (exact) mass is 521 g/mol. The van der Waals surface area contributed by atoms with Gasteiger partial charge in [-0.1, -0.05) is 12.1 Å². The fourth-order valence-electron chi connectivity index (χ4n) is 4.40. The molecular weight excluding hydrogens is 492 g/mol. The number of hydrogen-bond acceptors (Lipinski definition) is 7. The molecule has 5 rings (SSSR count). The third-order valence-electron chi connectivity index (χ3n) is 6.30. The molecule has 0 spiro atoms. The van der Waals surface area contributed by atoms with Crippen LogP contribution in [0.5, 0.6) is 0 Å². The van der Waals surface area contributed by atoms with E-state index in [1.807, 2.05) is 30.3 Å². The van der Waals surface area contributed by atoms with Crippen LogP contribution < -0.4 is 26.6 Å². The van der Waals surface area contributed by atoms with Crippen LogP contribution >= 0.6 is 7.14 Å². The summed E-state index contributed by atoms with van der Waals surface area (Å²) >= 11 is 0. The molecule has 1 aliphatic heterocycles. The highest BCUT2D eigenvalue weighted by molar-refractivity contribution is 7.70. The van der Waals surface area contributed by atoms with Crippen LogP contribution in [0.4, 0.5) is 27.5 Å². The second-order valence-electron chi connectivity index (χ2n) is 9.45. The highest BCUT2D eigenvalue weighted by Gasteiger charge is 2.20. The van der Waals surface area contributed by atoms with E-state index in [9.17, 15) is 13.8 Å². The third kappa shape index (κ3) is 5.65. The molecule has 0 radical (unpaired) electrons. The van der Waals surface area contributed by atoms with E-state index in [4.69, 9.17) is 0 Å². The Hall–Kier alpha value is -3.75. The summed E-state index contributed by atoms with van der Waals surface area (Å²) in [5.74, 6) is -0.314. The number of carbonyl (C=O) groups is 1. The molecule has 1 fully saturated rings. The third-order valence-corrected chi connectivity index (χ3v) is 7.85. The Morgan fingerprint density at radius 1 is 1.05 bits per heavy atom. The average molecular weight is 522 g/mol. The van der Waals surface area contributed by atoms with Gasteiger partial charge in [-0.3, -0.25) is 4.79 Å². The van der Waals surface area contributed by atoms with Crippen LogP contribution in [0.15, 0.2) is 54.7 Å². The van der Waals surface area contributed by atoms with Crippen molar-refractivity contribution in [2.75, 3.05) is 37.1 Å². The van der Waals surface area contributed by atoms with Gasteiger partial charge in [-0.25, -0.2) is 4.39 Å². The molecule has 2 aromatic heterocycles. The summed E-state index contributed by atoms with van der Waals surface area (Å²) in [5, 5.41) is 13.9. The number of nitrogens with one attached hydrogen (secondary N) is 5. The van der Waals surface area contributed by atoms with Crippen molar-refractivity contribution in [3.05, 3.63) is 66.1 Å². The quantitative estimate of drug-likeness (QED) is 0.230. The summed E-state index contributed by atoms with van der Waals surface area (Å²) in [5.41, 5.74) is 1.66. The predicted octanol–water partition coefficient (Wildman–Crippen LogP) is 4.31. The Balaban J connectivity index is 1.39. The molecule has 0 aliphatic carbocycles. The molecule has 0 saturated carbocycles. The zero-order valence-electron chi connectivity index (χ0n) is 20.6. The molecule has 4 aromatic rings. The first-order chi connectivity index (χ1) is 17.8. The van der Waals surface area contributed by atoms with E-state index in [2.05, 4.69) is 36.2 Å². The first-order valence-corrected chi connectivity index (χ1v) is 14.7. The molecule has 192 valence electrons. The second kappa shape index (κ2) is 10.3. The van der Waals surface area contributed by atoms with E-state index in [0.29, 0.717) is 28.1 Å². The van der Waals surface area contributed by atoms with Crippen molar-refractivity contribution in [2.45, 2.75) is 18.9 Å². The van der Waals surface area contributed by atoms with E-state index in [0.717, 1.165) is 31.3 Å². The number of piperidine rings is 1. The van der Waals surface area contributed by atoms with E-state index in [1.54, 1.807) is 25.6 Å². The van der Waals surface area contributed by atoms with Gasteiger partial charge in [0.1, 0.15) is 24.4 Å². The summed E-state index contributed by atoms with van der Waals surface area (Å²) in [6, 6.07) is 13.6. The first kappa shape index (κ1) is 24.9. The zero-order chi connectivity index (χ0) is 26.0. The molecule has 2 aromatic carbocycles. The highest BCUT2D eigenvalue weighted by atomic mass is 31.2. The molecule has 3 heterocycles. The summed E-state index contributed by atoms with van der Waals surface area (Å²) in [4.78, 5) is 24.8. The number of fused-ring (bicyclic) bond motifs is 1. The Morgan fingerprint density at radius 2 is 1.84 bits per heavy atom. The molecule has 0 atom stereocenters. The van der Waals surface area contributed by atoms with Crippen LogP contribution in [0.1, 0.15) is 23.2 Å². The number of benzene rings is 2. The van der Waals surface area contributed by atoms with Gasteiger partial charge in [0.2, 0.25) is 5.95 Å². The Labute approximate surface area is 214 Å². The van der Waals surface area contributed by atoms with Gasteiger partial charge >= 0.3 is 0 Å². The molecule has 11 heteroatoms. The highest BCUT2D eigenvalue weighted by Crippen LogP contribution is 2.38. The van der Waals surface area contributed by atoms with Crippen LogP contribution in [0.3, 0.4) is 0 Å². The lowest BCUT2D eigenvalue weighted by atomic mass is 10.1. The second-order valence-corrected chi connectivity index (χ2v) is 12.6. The van der Waals surface area contributed by atoms with Gasteiger partial charge in [-0.2, -0.15) is 9.97 Å². The number of hydrogen-bond donors (Lipinski definition) is 5. The summed E-state index contributed by atoms with van der Waals surface area (Å²) in [6.07, 6.45) is 3.39. The maximum Gasteiger partial charge on any atom is 0.254 e. The van der Waals surface area contributed by atoms with Crippen molar-refractivity contribution in [1.29, 1.82) is 0 Å². The van der Waals surface area contributed by atoms with Gasteiger partial charge in [0, 0.05) is 23.2 Å². The van der Waals surface area contributed by atoms with E-state index in [1.165, 1.54) is 12.1 Å². The number of carbonyl (C=O) groups excluding carboxylic acids is 1. The van der Waals surface area contributed by atoms with Gasteiger partial charge in [-0.05, 0) is 75.7 Å². The van der Waals surface area contributed by atoms with Crippen molar-refractivity contribution in [3.63, 3.8) is 0 Å². The average Bonchev–Trinajstić information content (AvgIpc) is 3.33. The van der Waals surface area contributed by atoms with Gasteiger partial charge < -0.3 is 30.8 Å². The number of amides is 1. The minimum absolute atomic E-state index is 0.00709. The molecular formula is C26H29FN7O2P. The Bertz CT molecular complexity index is 1490. The Kier molecular flexibility index (Phi) is 6.95. The van der Waals surface area contributed by atoms with Gasteiger partial charge in [0.25, 0.3) is 5.91 Å². The first-order valence-electron chi connectivity index (χ1n) is 12.1. The zero-order valence-corrected chi connectivity index (χ0v) is 21.5. The number of halogens is 1. The fourth-order valence-corrected chi connectivity index (χ4v) is 5.56. The van der Waals surface area contributed by atoms with E-state index < -0.39 is 18.9 Å². The van der Waals surface area contributed by atoms with Crippen molar-refractivity contribution < 1.29 is 13.8 Å². The predicted molar refractivity (Wildman–Crippen MR) is 146 cm³/mol. The molecule has 1 amide bonds. The minimum atomic E-state index is -2.54. The molecule has 37 heavy (non-hydrogen) atoms. The van der Waals surface area contributed by atoms with Crippen LogP contribution in [0.25, 0.3) is 11.0 Å². The number of nitrogens with zero attached hydrogens (tertiary/aromatic N) is 2. The van der Waals surface area contributed by atoms with Crippen molar-refractivity contribution in [1.82, 2.24) is 25.6 Å². The summed E-state index contributed by atoms with van der Waals surface area (Å²) < 4.78 is 27.7. The molecule has 5 N–H and O–H groups in total. The SMILES string of the molecule is CP(C)(=O)c1ccccc1Nc1nc(Nc2ccc(C(=O)NC3CCNCC3)c(F)c2)nc2[nH]ccc12. The smallest absolute Gasteiger partial charge is 0.254 e. The van der Waals surface area contributed by atoms with Crippen LogP contribution in [0, 0.1) is 5.82 Å². The number of rotatable bonds is 7. The lowest BCUT2D eigenvalue weighted by Crippen LogP contribution is -2.42. The van der Waals surface area contributed by atoms with Gasteiger partial charge in [-0.15, -0.1) is 0 Å². The Morgan fingerprint density at radius 3 is 2.59 bits per heavy atom. The number of anilines is 4. The van der Waals surface area contributed by atoms with E-state index >= 15 is 0 Å². The summed E-state index contributed by atoms with van der Waals surface area (Å²) in [7, 11) is -2.54. The van der Waals surface area contributed by atoms with Crippen molar-refractivity contribution in [3.8, 4) is 0 Å². The van der Waals surface area contributed by atoms with E-state index in [-0.39, 0.29) is 17.6 Å². The standard InChI is InChI=1S/C26H29FN7O2P/c1-37(2,36)22-6-4-3-5-21(22)32-24-19-11-14-29-23(19)33-26(34-24)31-17-7-8-18(20(27)15-17)25(35)30-16-9-12-28-13-10-16/h3-8,11,14-16,28H,9-10,12-13H2,1-2H3,(H,30,35)(H3,29,31,32,33,34). The topological polar surface area (TPSA) is 124 Å². The maximum absolute atomic E-state index is 14.9. The lowest BCUT2D eigenvalue weighted by Gasteiger charge is -2.23. The number of para-hydroxylation sites is 1. The van der Waals surface area contributed by atoms with Crippen LogP contribution in [-0.2, 0) is 4.57 Å². The number of aromatic nitrogens is 3. The molecule has 0 bridgehead atoms. The number of aromatic amines is 1. The van der Waals surface area contributed by atoms with Crippen molar-refractivity contribution in [2.24, 2.45) is 0 Å². The van der Waals surface area contributed by atoms with Crippen molar-refractivity contribution >= 4 is 52.5 Å². The van der Waals surface area contributed by atoms with Gasteiger partial charge in [0.15, 0.2) is 0 Å². The fraction of sp³-hybridized carbons (Fsp3) is 0.269. The lowest BCUT2D eigenvalue weighted by molar-refractivity contribution is 0.0925. The largest absolute Gasteiger partial charge is 0.349 e. The molecule has 9 nitrogen and oxygen atoms in total. The number of H-pyrrole nitrogens is 1. The van der Waals surface area contributed by atoms with Crippen LogP contribution in [0.2, 0.25) is 0 Å². The molecule has 1 saturated heterocycles. The molecule has 0 unspecified atom stereocenters. The minimum Gasteiger partial charge on any atom is -0.349 e.